The summed E-state index contributed by atoms with van der Waals surface area (Å²) in [5, 5.41) is 10.3. The highest BCUT2D eigenvalue weighted by atomic mass is 16.3. The summed E-state index contributed by atoms with van der Waals surface area (Å²) in [5.41, 5.74) is 1.88. The van der Waals surface area contributed by atoms with Gasteiger partial charge in [0.2, 0.25) is 0 Å². The molecular weight excluding hydrogens is 392 g/mol. The number of ketones is 1. The third-order valence-electron chi connectivity index (χ3n) is 14.0. The molecule has 0 heterocycles. The zero-order valence-electron chi connectivity index (χ0n) is 22.2. The zero-order valence-corrected chi connectivity index (χ0v) is 22.2. The van der Waals surface area contributed by atoms with Crippen molar-refractivity contribution in [3.63, 3.8) is 0 Å². The number of carbonyl (C=O) groups excluding carboxylic acids is 1. The van der Waals surface area contributed by atoms with Crippen LogP contribution in [0, 0.1) is 56.2 Å². The van der Waals surface area contributed by atoms with Crippen LogP contribution in [-0.4, -0.2) is 17.5 Å². The summed E-state index contributed by atoms with van der Waals surface area (Å²) in [6.45, 7) is 18.0. The Labute approximate surface area is 197 Å². The van der Waals surface area contributed by atoms with E-state index < -0.39 is 0 Å². The molecule has 0 aromatic rings. The van der Waals surface area contributed by atoms with Gasteiger partial charge in [-0.15, -0.1) is 0 Å². The zero-order chi connectivity index (χ0) is 23.4. The van der Waals surface area contributed by atoms with Gasteiger partial charge in [-0.25, -0.2) is 0 Å². The third kappa shape index (κ3) is 2.71. The summed E-state index contributed by atoms with van der Waals surface area (Å²) >= 11 is 0. The molecular formula is C30H50O2. The predicted octanol–water partition coefficient (Wildman–Crippen LogP) is 7.43. The van der Waals surface area contributed by atoms with Gasteiger partial charge in [-0.3, -0.25) is 4.79 Å². The lowest BCUT2D eigenvalue weighted by atomic mass is 9.30. The molecule has 1 N–H and O–H groups in total. The SMILES string of the molecule is C[C@H]1C(=O)CC[C@@H]2[C@]3(C)CC[C@@]4(C)[C@@H]5C[C@](C)(CO)CC[C@]5(C)CC[C@]4(C)[C@H]3CC[C@]21C. The van der Waals surface area contributed by atoms with Crippen molar-refractivity contribution in [2.24, 2.45) is 56.2 Å². The number of hydrogen-bond acceptors (Lipinski definition) is 2. The minimum absolute atomic E-state index is 0.108. The Bertz CT molecular complexity index is 805. The molecule has 2 nitrogen and oxygen atoms in total. The fourth-order valence-electron chi connectivity index (χ4n) is 11.2. The number of aliphatic hydroxyl groups is 1. The lowest BCUT2D eigenvalue weighted by molar-refractivity contribution is -0.258. The van der Waals surface area contributed by atoms with E-state index in [9.17, 15) is 9.90 Å². The topological polar surface area (TPSA) is 37.3 Å². The summed E-state index contributed by atoms with van der Waals surface area (Å²) in [5.74, 6) is 2.96. The molecule has 182 valence electrons. The maximum Gasteiger partial charge on any atom is 0.136 e. The van der Waals surface area contributed by atoms with E-state index in [-0.39, 0.29) is 16.7 Å². The van der Waals surface area contributed by atoms with E-state index in [4.69, 9.17) is 0 Å². The highest BCUT2D eigenvalue weighted by molar-refractivity contribution is 5.82. The molecule has 5 fully saturated rings. The quantitative estimate of drug-likeness (QED) is 0.458. The van der Waals surface area contributed by atoms with Gasteiger partial charge in [-0.2, -0.15) is 0 Å². The van der Waals surface area contributed by atoms with Gasteiger partial charge in [-0.05, 0) is 114 Å². The van der Waals surface area contributed by atoms with Crippen molar-refractivity contribution in [3.05, 3.63) is 0 Å². The Hall–Kier alpha value is -0.370. The molecule has 5 saturated carbocycles. The lowest BCUT2D eigenvalue weighted by Gasteiger charge is -2.74. The van der Waals surface area contributed by atoms with Gasteiger partial charge in [0, 0.05) is 18.9 Å². The van der Waals surface area contributed by atoms with Crippen molar-refractivity contribution < 1.29 is 9.90 Å². The average molecular weight is 443 g/mol. The summed E-state index contributed by atoms with van der Waals surface area (Å²) in [4.78, 5) is 12.7. The Morgan fingerprint density at radius 2 is 1.38 bits per heavy atom. The first kappa shape index (κ1) is 23.4. The highest BCUT2D eigenvalue weighted by Crippen LogP contribution is 2.78. The average Bonchev–Trinajstić information content (AvgIpc) is 2.75. The molecule has 0 aliphatic heterocycles. The lowest BCUT2D eigenvalue weighted by Crippen LogP contribution is -2.67. The minimum atomic E-state index is 0.108. The maximum atomic E-state index is 12.7. The Morgan fingerprint density at radius 3 is 2.06 bits per heavy atom. The number of Topliss-reactive ketones (excluding diaryl/α,β-unsaturated/α-hetero) is 1. The first-order valence-corrected chi connectivity index (χ1v) is 13.9. The molecule has 0 spiro atoms. The molecule has 32 heavy (non-hydrogen) atoms. The number of hydrogen-bond donors (Lipinski definition) is 1. The van der Waals surface area contributed by atoms with Gasteiger partial charge < -0.3 is 5.11 Å². The monoisotopic (exact) mass is 442 g/mol. The molecule has 10 atom stereocenters. The predicted molar refractivity (Wildman–Crippen MR) is 131 cm³/mol. The molecule has 2 heteroatoms. The van der Waals surface area contributed by atoms with Gasteiger partial charge in [0.15, 0.2) is 0 Å². The van der Waals surface area contributed by atoms with Gasteiger partial charge in [0.05, 0.1) is 0 Å². The molecule has 5 aliphatic rings. The number of aliphatic hydroxyl groups excluding tert-OH is 1. The van der Waals surface area contributed by atoms with Crippen molar-refractivity contribution in [1.82, 2.24) is 0 Å². The van der Waals surface area contributed by atoms with Crippen molar-refractivity contribution in [2.75, 3.05) is 6.61 Å². The minimum Gasteiger partial charge on any atom is -0.396 e. The van der Waals surface area contributed by atoms with Crippen LogP contribution < -0.4 is 0 Å². The van der Waals surface area contributed by atoms with Crippen LogP contribution in [0.4, 0.5) is 0 Å². The van der Waals surface area contributed by atoms with Crippen molar-refractivity contribution in [1.29, 1.82) is 0 Å². The first-order chi connectivity index (χ1) is 14.8. The van der Waals surface area contributed by atoms with E-state index in [1.807, 2.05) is 0 Å². The number of rotatable bonds is 1. The number of fused-ring (bicyclic) bond motifs is 7. The smallest absolute Gasteiger partial charge is 0.136 e. The standard InChI is InChI=1S/C30H50O2/c1-20-21(32)8-9-22-27(20,4)11-10-23-28(22,5)15-17-30(7)24-18-25(2,19-31)12-13-26(24,3)14-16-29(23,30)6/h20,22-24,31H,8-19H2,1-7H3/t20-,22-,23-,24+,25+,26+,27-,28-,29+,30-/m0/s1. The molecule has 0 saturated heterocycles. The maximum absolute atomic E-state index is 12.7. The van der Waals surface area contributed by atoms with Crippen LogP contribution in [-0.2, 0) is 4.79 Å². The van der Waals surface area contributed by atoms with E-state index in [0.29, 0.717) is 40.0 Å². The second kappa shape index (κ2) is 6.86. The largest absolute Gasteiger partial charge is 0.396 e. The fourth-order valence-corrected chi connectivity index (χ4v) is 11.2. The van der Waals surface area contributed by atoms with E-state index in [2.05, 4.69) is 48.5 Å². The first-order valence-electron chi connectivity index (χ1n) is 13.9. The van der Waals surface area contributed by atoms with Crippen LogP contribution in [0.25, 0.3) is 0 Å². The Kier molecular flexibility index (Phi) is 5.01. The summed E-state index contributed by atoms with van der Waals surface area (Å²) in [6, 6.07) is 0. The molecule has 0 amide bonds. The molecule has 5 rings (SSSR count). The summed E-state index contributed by atoms with van der Waals surface area (Å²) in [7, 11) is 0. The van der Waals surface area contributed by atoms with Crippen LogP contribution in [0.5, 0.6) is 0 Å². The third-order valence-corrected chi connectivity index (χ3v) is 14.0. The molecule has 0 aromatic carbocycles. The Morgan fingerprint density at radius 1 is 0.750 bits per heavy atom. The van der Waals surface area contributed by atoms with Crippen LogP contribution in [0.2, 0.25) is 0 Å². The van der Waals surface area contributed by atoms with E-state index in [1.54, 1.807) is 0 Å². The molecule has 0 unspecified atom stereocenters. The van der Waals surface area contributed by atoms with Gasteiger partial charge in [0.25, 0.3) is 0 Å². The van der Waals surface area contributed by atoms with Crippen LogP contribution in [0.3, 0.4) is 0 Å². The van der Waals surface area contributed by atoms with E-state index in [0.717, 1.165) is 24.7 Å². The number of carbonyl (C=O) groups is 1. The van der Waals surface area contributed by atoms with E-state index >= 15 is 0 Å². The van der Waals surface area contributed by atoms with E-state index in [1.165, 1.54) is 57.8 Å². The Balaban J connectivity index is 1.54. The molecule has 5 aliphatic carbocycles. The van der Waals surface area contributed by atoms with Crippen molar-refractivity contribution >= 4 is 5.78 Å². The normalized spacial score (nSPS) is 60.1. The van der Waals surface area contributed by atoms with Crippen LogP contribution in [0.15, 0.2) is 0 Å². The fraction of sp³-hybridized carbons (Fsp3) is 0.967. The van der Waals surface area contributed by atoms with Gasteiger partial charge in [-0.1, -0.05) is 48.5 Å². The highest BCUT2D eigenvalue weighted by Gasteiger charge is 2.70. The van der Waals surface area contributed by atoms with Gasteiger partial charge >= 0.3 is 0 Å². The second-order valence-corrected chi connectivity index (χ2v) is 15.1. The molecule has 0 radical (unpaired) electrons. The van der Waals surface area contributed by atoms with Crippen molar-refractivity contribution in [2.45, 2.75) is 119 Å². The molecule has 0 aromatic heterocycles. The van der Waals surface area contributed by atoms with Crippen LogP contribution in [0.1, 0.15) is 119 Å². The summed E-state index contributed by atoms with van der Waals surface area (Å²) < 4.78 is 0. The van der Waals surface area contributed by atoms with Crippen LogP contribution >= 0.6 is 0 Å². The molecule has 0 bridgehead atoms. The van der Waals surface area contributed by atoms with Crippen molar-refractivity contribution in [3.8, 4) is 0 Å². The second-order valence-electron chi connectivity index (χ2n) is 15.1. The van der Waals surface area contributed by atoms with Gasteiger partial charge in [0.1, 0.15) is 5.78 Å². The summed E-state index contributed by atoms with van der Waals surface area (Å²) in [6.07, 6.45) is 13.6.